The zero-order chi connectivity index (χ0) is 11.9. The third-order valence-corrected chi connectivity index (χ3v) is 3.75. The van der Waals surface area contributed by atoms with E-state index < -0.39 is 0 Å². The summed E-state index contributed by atoms with van der Waals surface area (Å²) in [5, 5.41) is 13.2. The Morgan fingerprint density at radius 2 is 2.12 bits per heavy atom. The number of aliphatic hydroxyl groups is 1. The van der Waals surface area contributed by atoms with E-state index in [0.29, 0.717) is 18.9 Å². The molecular weight excluding hydrogens is 204 g/mol. The molecule has 0 aliphatic carbocycles. The van der Waals surface area contributed by atoms with E-state index in [0.717, 1.165) is 13.0 Å². The van der Waals surface area contributed by atoms with Crippen LogP contribution in [0.4, 0.5) is 0 Å². The Bertz CT molecular complexity index is 285. The van der Waals surface area contributed by atoms with Gasteiger partial charge < -0.3 is 5.11 Å². The molecule has 4 heteroatoms. The van der Waals surface area contributed by atoms with Crippen LogP contribution in [0.25, 0.3) is 0 Å². The van der Waals surface area contributed by atoms with E-state index in [1.54, 1.807) is 0 Å². The van der Waals surface area contributed by atoms with Crippen LogP contribution in [-0.4, -0.2) is 46.3 Å². The standard InChI is InChI=1S/C12H22N2O2/c1-12(2,3)10-8-9(5-7-15)14-11(16)4-6-13(10)14/h9-10,15H,4-8H2,1-3H3/t9-,10+/m0/s1. The molecule has 2 atom stereocenters. The van der Waals surface area contributed by atoms with Gasteiger partial charge in [-0.2, -0.15) is 0 Å². The number of rotatable bonds is 2. The van der Waals surface area contributed by atoms with Crippen molar-refractivity contribution in [2.24, 2.45) is 5.41 Å². The second kappa shape index (κ2) is 4.00. The van der Waals surface area contributed by atoms with Crippen LogP contribution in [0.2, 0.25) is 0 Å². The third-order valence-electron chi connectivity index (χ3n) is 3.75. The summed E-state index contributed by atoms with van der Waals surface area (Å²) in [4.78, 5) is 11.8. The van der Waals surface area contributed by atoms with Gasteiger partial charge in [0.1, 0.15) is 0 Å². The first-order valence-electron chi connectivity index (χ1n) is 6.14. The maximum atomic E-state index is 11.8. The highest BCUT2D eigenvalue weighted by atomic mass is 16.3. The SMILES string of the molecule is CC(C)(C)[C@H]1C[C@H](CCO)N2C(=O)CCN12. The van der Waals surface area contributed by atoms with Crippen molar-refractivity contribution in [1.29, 1.82) is 0 Å². The average Bonchev–Trinajstić information content (AvgIpc) is 2.68. The van der Waals surface area contributed by atoms with Crippen LogP contribution in [0.15, 0.2) is 0 Å². The topological polar surface area (TPSA) is 43.8 Å². The van der Waals surface area contributed by atoms with Crippen molar-refractivity contribution in [3.63, 3.8) is 0 Å². The summed E-state index contributed by atoms with van der Waals surface area (Å²) in [6, 6.07) is 0.639. The highest BCUT2D eigenvalue weighted by Gasteiger charge is 2.48. The van der Waals surface area contributed by atoms with Crippen LogP contribution in [0, 0.1) is 5.41 Å². The van der Waals surface area contributed by atoms with Crippen molar-refractivity contribution in [2.45, 2.75) is 52.1 Å². The van der Waals surface area contributed by atoms with Crippen LogP contribution >= 0.6 is 0 Å². The molecule has 0 aromatic heterocycles. The highest BCUT2D eigenvalue weighted by Crippen LogP contribution is 2.39. The number of hydrazine groups is 1. The second-order valence-electron chi connectivity index (χ2n) is 5.94. The van der Waals surface area contributed by atoms with E-state index in [4.69, 9.17) is 5.11 Å². The summed E-state index contributed by atoms with van der Waals surface area (Å²) in [5.41, 5.74) is 0.188. The van der Waals surface area contributed by atoms with Crippen molar-refractivity contribution >= 4 is 5.91 Å². The Labute approximate surface area is 97.2 Å². The highest BCUT2D eigenvalue weighted by molar-refractivity contribution is 5.78. The fourth-order valence-corrected chi connectivity index (χ4v) is 2.96. The van der Waals surface area contributed by atoms with Crippen LogP contribution in [0.1, 0.15) is 40.0 Å². The summed E-state index contributed by atoms with van der Waals surface area (Å²) < 4.78 is 0. The zero-order valence-electron chi connectivity index (χ0n) is 10.4. The van der Waals surface area contributed by atoms with Gasteiger partial charge in [0.15, 0.2) is 0 Å². The zero-order valence-corrected chi connectivity index (χ0v) is 10.4. The van der Waals surface area contributed by atoms with Crippen LogP contribution < -0.4 is 0 Å². The number of nitrogens with zero attached hydrogens (tertiary/aromatic N) is 2. The molecule has 1 amide bonds. The number of carbonyl (C=O) groups is 1. The van der Waals surface area contributed by atoms with Gasteiger partial charge in [-0.25, -0.2) is 5.01 Å². The van der Waals surface area contributed by atoms with Gasteiger partial charge in [-0.1, -0.05) is 20.8 Å². The minimum atomic E-state index is 0.166. The maximum Gasteiger partial charge on any atom is 0.238 e. The van der Waals surface area contributed by atoms with E-state index in [9.17, 15) is 4.79 Å². The van der Waals surface area contributed by atoms with Gasteiger partial charge in [0.25, 0.3) is 0 Å². The number of aliphatic hydroxyl groups excluding tert-OH is 1. The number of hydrogen-bond acceptors (Lipinski definition) is 3. The summed E-state index contributed by atoms with van der Waals surface area (Å²) in [6.07, 6.45) is 2.33. The molecule has 0 radical (unpaired) electrons. The quantitative estimate of drug-likeness (QED) is 0.764. The van der Waals surface area contributed by atoms with Gasteiger partial charge >= 0.3 is 0 Å². The van der Waals surface area contributed by atoms with Crippen molar-refractivity contribution in [3.8, 4) is 0 Å². The molecule has 0 spiro atoms. The van der Waals surface area contributed by atoms with Gasteiger partial charge in [0, 0.05) is 25.6 Å². The first-order chi connectivity index (χ1) is 7.45. The first kappa shape index (κ1) is 11.9. The van der Waals surface area contributed by atoms with E-state index in [2.05, 4.69) is 25.8 Å². The average molecular weight is 226 g/mol. The Morgan fingerprint density at radius 3 is 2.69 bits per heavy atom. The molecule has 92 valence electrons. The molecule has 4 nitrogen and oxygen atoms in total. The molecule has 16 heavy (non-hydrogen) atoms. The molecular formula is C12H22N2O2. The van der Waals surface area contributed by atoms with Crippen LogP contribution in [-0.2, 0) is 4.79 Å². The predicted octanol–water partition coefficient (Wildman–Crippen LogP) is 1.01. The largest absolute Gasteiger partial charge is 0.396 e. The van der Waals surface area contributed by atoms with Gasteiger partial charge in [-0.05, 0) is 18.3 Å². The van der Waals surface area contributed by atoms with Crippen LogP contribution in [0.5, 0.6) is 0 Å². The Kier molecular flexibility index (Phi) is 2.97. The minimum Gasteiger partial charge on any atom is -0.396 e. The second-order valence-corrected chi connectivity index (χ2v) is 5.94. The summed E-state index contributed by atoms with van der Waals surface area (Å²) in [7, 11) is 0. The predicted molar refractivity (Wildman–Crippen MR) is 61.5 cm³/mol. The Morgan fingerprint density at radius 1 is 1.44 bits per heavy atom. The molecule has 1 N–H and O–H groups in total. The third kappa shape index (κ3) is 1.84. The summed E-state index contributed by atoms with van der Waals surface area (Å²) in [5.74, 6) is 0.227. The molecule has 2 heterocycles. The van der Waals surface area contributed by atoms with E-state index in [-0.39, 0.29) is 24.0 Å². The van der Waals surface area contributed by atoms with Gasteiger partial charge in [0.2, 0.25) is 5.91 Å². The fourth-order valence-electron chi connectivity index (χ4n) is 2.96. The smallest absolute Gasteiger partial charge is 0.238 e. The van der Waals surface area contributed by atoms with E-state index in [1.165, 1.54) is 0 Å². The normalized spacial score (nSPS) is 31.2. The van der Waals surface area contributed by atoms with Gasteiger partial charge in [0.05, 0.1) is 6.04 Å². The Balaban J connectivity index is 2.19. The number of carbonyl (C=O) groups excluding carboxylic acids is 1. The van der Waals surface area contributed by atoms with Crippen LogP contribution in [0.3, 0.4) is 0 Å². The first-order valence-corrected chi connectivity index (χ1v) is 6.14. The molecule has 2 rings (SSSR count). The molecule has 0 aromatic carbocycles. The molecule has 0 unspecified atom stereocenters. The van der Waals surface area contributed by atoms with Crippen molar-refractivity contribution in [3.05, 3.63) is 0 Å². The number of hydrogen-bond donors (Lipinski definition) is 1. The fraction of sp³-hybridized carbons (Fsp3) is 0.917. The lowest BCUT2D eigenvalue weighted by atomic mass is 9.83. The number of fused-ring (bicyclic) bond motifs is 1. The lowest BCUT2D eigenvalue weighted by Crippen LogP contribution is -2.44. The van der Waals surface area contributed by atoms with Crippen molar-refractivity contribution in [1.82, 2.24) is 10.0 Å². The van der Waals surface area contributed by atoms with Crippen molar-refractivity contribution < 1.29 is 9.90 Å². The maximum absolute atomic E-state index is 11.8. The van der Waals surface area contributed by atoms with E-state index in [1.807, 2.05) is 5.01 Å². The summed E-state index contributed by atoms with van der Waals surface area (Å²) in [6.45, 7) is 7.68. The molecule has 0 bridgehead atoms. The molecule has 2 fully saturated rings. The molecule has 0 saturated carbocycles. The molecule has 2 saturated heterocycles. The van der Waals surface area contributed by atoms with E-state index >= 15 is 0 Å². The van der Waals surface area contributed by atoms with Gasteiger partial charge in [-0.15, -0.1) is 0 Å². The lowest BCUT2D eigenvalue weighted by Gasteiger charge is -2.34. The molecule has 0 aromatic rings. The van der Waals surface area contributed by atoms with Gasteiger partial charge in [-0.3, -0.25) is 9.80 Å². The lowest BCUT2D eigenvalue weighted by molar-refractivity contribution is -0.140. The minimum absolute atomic E-state index is 0.166. The summed E-state index contributed by atoms with van der Waals surface area (Å²) >= 11 is 0. The molecule has 2 aliphatic rings. The van der Waals surface area contributed by atoms with Crippen molar-refractivity contribution in [2.75, 3.05) is 13.2 Å². The monoisotopic (exact) mass is 226 g/mol. The molecule has 2 aliphatic heterocycles. The number of amides is 1. The Hall–Kier alpha value is -0.610.